The predicted molar refractivity (Wildman–Crippen MR) is 97.3 cm³/mol. The van der Waals surface area contributed by atoms with Gasteiger partial charge in [-0.3, -0.25) is 0 Å². The van der Waals surface area contributed by atoms with Gasteiger partial charge in [-0.2, -0.15) is 0 Å². The first-order chi connectivity index (χ1) is 11.7. The van der Waals surface area contributed by atoms with Gasteiger partial charge in [0.2, 0.25) is 0 Å². The van der Waals surface area contributed by atoms with E-state index in [0.29, 0.717) is 6.61 Å². The Balaban J connectivity index is 1.74. The third-order valence-corrected chi connectivity index (χ3v) is 4.91. The normalized spacial score (nSPS) is 16.5. The number of aryl methyl sites for hydroxylation is 2. The van der Waals surface area contributed by atoms with Gasteiger partial charge in [0.05, 0.1) is 6.61 Å². The van der Waals surface area contributed by atoms with Gasteiger partial charge in [-0.1, -0.05) is 31.2 Å². The highest BCUT2D eigenvalue weighted by atomic mass is 19.1. The molecule has 1 nitrogen and oxygen atoms in total. The van der Waals surface area contributed by atoms with Crippen molar-refractivity contribution in [2.45, 2.75) is 44.9 Å². The Morgan fingerprint density at radius 1 is 1.21 bits per heavy atom. The molecular formula is C22H25FO. The summed E-state index contributed by atoms with van der Waals surface area (Å²) in [6, 6.07) is 12.1. The van der Waals surface area contributed by atoms with Crippen LogP contribution in [0.3, 0.4) is 0 Å². The van der Waals surface area contributed by atoms with Crippen molar-refractivity contribution in [1.29, 1.82) is 0 Å². The van der Waals surface area contributed by atoms with Crippen molar-refractivity contribution in [3.05, 3.63) is 77.1 Å². The maximum absolute atomic E-state index is 14.4. The molecule has 1 unspecified atom stereocenters. The quantitative estimate of drug-likeness (QED) is 0.495. The van der Waals surface area contributed by atoms with Crippen LogP contribution in [-0.2, 0) is 19.3 Å². The van der Waals surface area contributed by atoms with Gasteiger partial charge in [0.15, 0.2) is 0 Å². The third kappa shape index (κ3) is 3.69. The molecule has 1 aliphatic rings. The van der Waals surface area contributed by atoms with E-state index in [2.05, 4.69) is 31.7 Å². The van der Waals surface area contributed by atoms with E-state index in [0.717, 1.165) is 49.0 Å². The zero-order chi connectivity index (χ0) is 16.9. The second-order valence-corrected chi connectivity index (χ2v) is 6.51. The SMILES string of the molecule is C=CCCOc1ccc2c(c1)CCC(c1ccc(CC)cc1F)C2. The molecule has 1 atom stereocenters. The van der Waals surface area contributed by atoms with E-state index in [1.165, 1.54) is 11.1 Å². The van der Waals surface area contributed by atoms with E-state index in [1.54, 1.807) is 6.07 Å². The van der Waals surface area contributed by atoms with Gasteiger partial charge in [-0.25, -0.2) is 4.39 Å². The molecule has 0 N–H and O–H groups in total. The summed E-state index contributed by atoms with van der Waals surface area (Å²) in [5.74, 6) is 1.15. The molecule has 1 aliphatic carbocycles. The maximum atomic E-state index is 14.4. The van der Waals surface area contributed by atoms with Crippen LogP contribution >= 0.6 is 0 Å². The Morgan fingerprint density at radius 3 is 2.83 bits per heavy atom. The minimum absolute atomic E-state index is 0.0489. The minimum atomic E-state index is -0.0489. The summed E-state index contributed by atoms with van der Waals surface area (Å²) >= 11 is 0. The lowest BCUT2D eigenvalue weighted by atomic mass is 9.80. The lowest BCUT2D eigenvalue weighted by Crippen LogP contribution is -2.14. The van der Waals surface area contributed by atoms with E-state index >= 15 is 0 Å². The molecule has 0 saturated carbocycles. The second kappa shape index (κ2) is 7.65. The summed E-state index contributed by atoms with van der Waals surface area (Å²) in [6.45, 7) is 6.43. The van der Waals surface area contributed by atoms with Crippen molar-refractivity contribution < 1.29 is 9.13 Å². The number of rotatable bonds is 6. The summed E-state index contributed by atoms with van der Waals surface area (Å²) in [6.07, 6.45) is 6.47. The first kappa shape index (κ1) is 16.8. The number of hydrogen-bond acceptors (Lipinski definition) is 1. The predicted octanol–water partition coefficient (Wildman–Crippen LogP) is 5.62. The summed E-state index contributed by atoms with van der Waals surface area (Å²) in [4.78, 5) is 0. The van der Waals surface area contributed by atoms with Crippen LogP contribution in [-0.4, -0.2) is 6.61 Å². The number of fused-ring (bicyclic) bond motifs is 1. The molecule has 0 aliphatic heterocycles. The molecule has 2 aromatic rings. The van der Waals surface area contributed by atoms with Crippen LogP contribution in [0, 0.1) is 5.82 Å². The van der Waals surface area contributed by atoms with Crippen molar-refractivity contribution in [2.75, 3.05) is 6.61 Å². The maximum Gasteiger partial charge on any atom is 0.126 e. The fraction of sp³-hybridized carbons (Fsp3) is 0.364. The van der Waals surface area contributed by atoms with Gasteiger partial charge in [0.25, 0.3) is 0 Å². The van der Waals surface area contributed by atoms with Crippen LogP contribution in [0.25, 0.3) is 0 Å². The fourth-order valence-corrected chi connectivity index (χ4v) is 3.47. The van der Waals surface area contributed by atoms with Gasteiger partial charge in [-0.15, -0.1) is 6.58 Å². The van der Waals surface area contributed by atoms with Crippen LogP contribution in [0.5, 0.6) is 5.75 Å². The molecule has 0 spiro atoms. The lowest BCUT2D eigenvalue weighted by molar-refractivity contribution is 0.324. The van der Waals surface area contributed by atoms with Crippen molar-refractivity contribution in [2.24, 2.45) is 0 Å². The van der Waals surface area contributed by atoms with Gasteiger partial charge in [-0.05, 0) is 78.5 Å². The molecule has 126 valence electrons. The van der Waals surface area contributed by atoms with E-state index in [9.17, 15) is 4.39 Å². The lowest BCUT2D eigenvalue weighted by Gasteiger charge is -2.26. The van der Waals surface area contributed by atoms with Gasteiger partial charge in [0, 0.05) is 0 Å². The standard InChI is InChI=1S/C22H25FO/c1-3-5-12-24-20-10-9-17-14-19(8-7-18(17)15-20)21-11-6-16(4-2)13-22(21)23/h3,6,9-11,13,15,19H,1,4-5,7-8,12,14H2,2H3. The van der Waals surface area contributed by atoms with E-state index in [-0.39, 0.29) is 11.7 Å². The van der Waals surface area contributed by atoms with Crippen molar-refractivity contribution >= 4 is 0 Å². The number of halogens is 1. The van der Waals surface area contributed by atoms with Crippen LogP contribution in [0.15, 0.2) is 49.1 Å². The number of ether oxygens (including phenoxy) is 1. The van der Waals surface area contributed by atoms with Crippen LogP contribution in [0.4, 0.5) is 4.39 Å². The number of benzene rings is 2. The van der Waals surface area contributed by atoms with Gasteiger partial charge >= 0.3 is 0 Å². The minimum Gasteiger partial charge on any atom is -0.493 e. The topological polar surface area (TPSA) is 9.23 Å². The first-order valence-corrected chi connectivity index (χ1v) is 8.85. The largest absolute Gasteiger partial charge is 0.493 e. The highest BCUT2D eigenvalue weighted by Gasteiger charge is 2.23. The Kier molecular flexibility index (Phi) is 5.34. The van der Waals surface area contributed by atoms with Crippen LogP contribution in [0.1, 0.15) is 47.9 Å². The van der Waals surface area contributed by atoms with Crippen LogP contribution in [0.2, 0.25) is 0 Å². The Bertz CT molecular complexity index is 720. The van der Waals surface area contributed by atoms with Crippen molar-refractivity contribution in [3.8, 4) is 5.75 Å². The number of hydrogen-bond donors (Lipinski definition) is 0. The Hall–Kier alpha value is -2.09. The van der Waals surface area contributed by atoms with Crippen molar-refractivity contribution in [3.63, 3.8) is 0 Å². The molecule has 0 aromatic heterocycles. The molecule has 0 bridgehead atoms. The smallest absolute Gasteiger partial charge is 0.126 e. The van der Waals surface area contributed by atoms with E-state index < -0.39 is 0 Å². The zero-order valence-corrected chi connectivity index (χ0v) is 14.4. The monoisotopic (exact) mass is 324 g/mol. The third-order valence-electron chi connectivity index (χ3n) is 4.91. The summed E-state index contributed by atoms with van der Waals surface area (Å²) in [5.41, 5.74) is 4.59. The molecule has 3 rings (SSSR count). The average Bonchev–Trinajstić information content (AvgIpc) is 2.61. The first-order valence-electron chi connectivity index (χ1n) is 8.85. The highest BCUT2D eigenvalue weighted by molar-refractivity contribution is 5.40. The summed E-state index contributed by atoms with van der Waals surface area (Å²) in [7, 11) is 0. The van der Waals surface area contributed by atoms with Gasteiger partial charge < -0.3 is 4.74 Å². The molecule has 0 saturated heterocycles. The van der Waals surface area contributed by atoms with Gasteiger partial charge in [0.1, 0.15) is 11.6 Å². The molecular weight excluding hydrogens is 299 g/mol. The Labute approximate surface area is 144 Å². The molecule has 0 fully saturated rings. The summed E-state index contributed by atoms with van der Waals surface area (Å²) in [5, 5.41) is 0. The van der Waals surface area contributed by atoms with E-state index in [1.807, 2.05) is 18.2 Å². The molecule has 2 aromatic carbocycles. The highest BCUT2D eigenvalue weighted by Crippen LogP contribution is 2.35. The Morgan fingerprint density at radius 2 is 2.08 bits per heavy atom. The molecule has 24 heavy (non-hydrogen) atoms. The summed E-state index contributed by atoms with van der Waals surface area (Å²) < 4.78 is 20.1. The average molecular weight is 324 g/mol. The van der Waals surface area contributed by atoms with E-state index in [4.69, 9.17) is 4.74 Å². The zero-order valence-electron chi connectivity index (χ0n) is 14.4. The fourth-order valence-electron chi connectivity index (χ4n) is 3.47. The second-order valence-electron chi connectivity index (χ2n) is 6.51. The van der Waals surface area contributed by atoms with Crippen molar-refractivity contribution in [1.82, 2.24) is 0 Å². The molecule has 0 radical (unpaired) electrons. The molecule has 2 heteroatoms. The molecule has 0 heterocycles. The van der Waals surface area contributed by atoms with Crippen LogP contribution < -0.4 is 4.74 Å². The molecule has 0 amide bonds.